The van der Waals surface area contributed by atoms with Crippen molar-refractivity contribution in [3.8, 4) is 0 Å². The summed E-state index contributed by atoms with van der Waals surface area (Å²) in [4.78, 5) is 2.57. The molecule has 0 bridgehead atoms. The van der Waals surface area contributed by atoms with Gasteiger partial charge in [-0.1, -0.05) is 57.0 Å². The van der Waals surface area contributed by atoms with Crippen LogP contribution in [0.1, 0.15) is 27.8 Å². The maximum Gasteiger partial charge on any atom is 0.0345 e. The fourth-order valence-corrected chi connectivity index (χ4v) is 2.58. The molecule has 1 aromatic rings. The Bertz CT molecular complexity index is 405. The molecule has 15 heavy (non-hydrogen) atoms. The summed E-state index contributed by atoms with van der Waals surface area (Å²) < 4.78 is 0. The van der Waals surface area contributed by atoms with Crippen LogP contribution in [0, 0.1) is 0 Å². The van der Waals surface area contributed by atoms with Gasteiger partial charge in [-0.3, -0.25) is 0 Å². The molecule has 0 saturated heterocycles. The molecule has 0 aliphatic rings. The highest BCUT2D eigenvalue weighted by Crippen LogP contribution is 2.32. The first-order valence-electron chi connectivity index (χ1n) is 4.98. The van der Waals surface area contributed by atoms with Gasteiger partial charge in [0.1, 0.15) is 0 Å². The van der Waals surface area contributed by atoms with Crippen molar-refractivity contribution >= 4 is 29.6 Å². The van der Waals surface area contributed by atoms with Gasteiger partial charge < -0.3 is 0 Å². The van der Waals surface area contributed by atoms with Crippen molar-refractivity contribution in [3.63, 3.8) is 0 Å². The molecule has 0 aliphatic heterocycles. The van der Waals surface area contributed by atoms with E-state index in [-0.39, 0.29) is 0 Å². The second-order valence-electron chi connectivity index (χ2n) is 3.07. The molecule has 78 valence electrons. The fraction of sp³-hybridized carbons (Fsp3) is 0.143. The van der Waals surface area contributed by atoms with E-state index in [1.165, 1.54) is 20.9 Å². The quantitative estimate of drug-likeness (QED) is 0.620. The molecule has 1 heteroatoms. The van der Waals surface area contributed by atoms with Crippen molar-refractivity contribution in [2.24, 2.45) is 0 Å². The van der Waals surface area contributed by atoms with Crippen LogP contribution in [0.3, 0.4) is 0 Å². The van der Waals surface area contributed by atoms with Gasteiger partial charge in [-0.05, 0) is 17.5 Å². The van der Waals surface area contributed by atoms with Gasteiger partial charge in [-0.15, -0.1) is 11.3 Å². The Balaban J connectivity index is 3.35. The van der Waals surface area contributed by atoms with E-state index in [4.69, 9.17) is 0 Å². The molecule has 0 spiro atoms. The molecule has 0 aromatic carbocycles. The van der Waals surface area contributed by atoms with Crippen LogP contribution in [0.15, 0.2) is 31.9 Å². The molecule has 0 radical (unpaired) electrons. The highest BCUT2D eigenvalue weighted by atomic mass is 32.1. The van der Waals surface area contributed by atoms with E-state index < -0.39 is 0 Å². The van der Waals surface area contributed by atoms with E-state index in [1.54, 1.807) is 17.4 Å². The highest BCUT2D eigenvalue weighted by molar-refractivity contribution is 7.13. The summed E-state index contributed by atoms with van der Waals surface area (Å²) in [5.41, 5.74) is 2.44. The van der Waals surface area contributed by atoms with Crippen LogP contribution in [0.2, 0.25) is 0 Å². The van der Waals surface area contributed by atoms with E-state index in [0.29, 0.717) is 0 Å². The number of allylic oxidation sites excluding steroid dienone is 2. The molecule has 1 heterocycles. The van der Waals surface area contributed by atoms with Gasteiger partial charge in [0.25, 0.3) is 0 Å². The van der Waals surface area contributed by atoms with Crippen LogP contribution >= 0.6 is 11.3 Å². The largest absolute Gasteiger partial charge is 0.140 e. The normalized spacial score (nSPS) is 10.5. The highest BCUT2D eigenvalue weighted by Gasteiger charge is 2.10. The lowest BCUT2D eigenvalue weighted by atomic mass is 10.1. The summed E-state index contributed by atoms with van der Waals surface area (Å²) in [6, 6.07) is 0. The predicted octanol–water partition coefficient (Wildman–Crippen LogP) is 4.80. The van der Waals surface area contributed by atoms with Crippen LogP contribution in [0.5, 0.6) is 0 Å². The summed E-state index contributed by atoms with van der Waals surface area (Å²) in [6.45, 7) is 13.5. The second kappa shape index (κ2) is 5.52. The molecule has 0 amide bonds. The van der Waals surface area contributed by atoms with E-state index in [9.17, 15) is 0 Å². The molecule has 0 atom stereocenters. The van der Waals surface area contributed by atoms with E-state index >= 15 is 0 Å². The Morgan fingerprint density at radius 2 is 1.87 bits per heavy atom. The minimum absolute atomic E-state index is 1.04. The summed E-state index contributed by atoms with van der Waals surface area (Å²) in [6.07, 6.45) is 10.7. The zero-order chi connectivity index (χ0) is 11.3. The van der Waals surface area contributed by atoms with Crippen molar-refractivity contribution in [2.75, 3.05) is 0 Å². The predicted molar refractivity (Wildman–Crippen MR) is 73.1 cm³/mol. The third-order valence-electron chi connectivity index (χ3n) is 2.20. The SMILES string of the molecule is C=C/C=C\c1c(CC)sc(C=C)c1C=C. The molecule has 0 unspecified atom stereocenters. The topological polar surface area (TPSA) is 0 Å². The van der Waals surface area contributed by atoms with Crippen LogP contribution < -0.4 is 0 Å². The maximum atomic E-state index is 3.86. The number of hydrogen-bond acceptors (Lipinski definition) is 1. The first kappa shape index (κ1) is 11.7. The fourth-order valence-electron chi connectivity index (χ4n) is 1.50. The number of thiophene rings is 1. The van der Waals surface area contributed by atoms with Crippen molar-refractivity contribution in [2.45, 2.75) is 13.3 Å². The third kappa shape index (κ3) is 2.37. The van der Waals surface area contributed by atoms with Crippen molar-refractivity contribution < 1.29 is 0 Å². The molecule has 0 saturated carbocycles. The Hall–Kier alpha value is -1.34. The van der Waals surface area contributed by atoms with Crippen molar-refractivity contribution in [1.29, 1.82) is 0 Å². The maximum absolute atomic E-state index is 3.86. The molecular weight excluding hydrogens is 200 g/mol. The van der Waals surface area contributed by atoms with Gasteiger partial charge in [0, 0.05) is 9.75 Å². The first-order chi connectivity index (χ1) is 7.28. The second-order valence-corrected chi connectivity index (χ2v) is 4.21. The molecule has 0 nitrogen and oxygen atoms in total. The zero-order valence-corrected chi connectivity index (χ0v) is 9.94. The van der Waals surface area contributed by atoms with Crippen molar-refractivity contribution in [3.05, 3.63) is 52.8 Å². The van der Waals surface area contributed by atoms with Crippen LogP contribution in [-0.4, -0.2) is 0 Å². The van der Waals surface area contributed by atoms with E-state index in [0.717, 1.165) is 6.42 Å². The van der Waals surface area contributed by atoms with Gasteiger partial charge in [0.15, 0.2) is 0 Å². The summed E-state index contributed by atoms with van der Waals surface area (Å²) >= 11 is 1.79. The lowest BCUT2D eigenvalue weighted by Crippen LogP contribution is -1.80. The third-order valence-corrected chi connectivity index (χ3v) is 3.56. The average Bonchev–Trinajstić information content (AvgIpc) is 2.62. The lowest BCUT2D eigenvalue weighted by Gasteiger charge is -1.96. The van der Waals surface area contributed by atoms with Crippen LogP contribution in [0.25, 0.3) is 18.2 Å². The summed E-state index contributed by atoms with van der Waals surface area (Å²) in [5, 5.41) is 0. The average molecular weight is 216 g/mol. The Labute approximate surface area is 96.0 Å². The number of aryl methyl sites for hydroxylation is 1. The molecule has 0 fully saturated rings. The van der Waals surface area contributed by atoms with E-state index in [2.05, 4.69) is 32.7 Å². The zero-order valence-electron chi connectivity index (χ0n) is 9.12. The minimum atomic E-state index is 1.04. The minimum Gasteiger partial charge on any atom is -0.140 e. The Morgan fingerprint density at radius 3 is 2.33 bits per heavy atom. The van der Waals surface area contributed by atoms with Crippen molar-refractivity contribution in [1.82, 2.24) is 0 Å². The molecule has 0 aliphatic carbocycles. The molecule has 1 aromatic heterocycles. The molecule has 0 N–H and O–H groups in total. The number of hydrogen-bond donors (Lipinski definition) is 0. The summed E-state index contributed by atoms with van der Waals surface area (Å²) in [5.74, 6) is 0. The lowest BCUT2D eigenvalue weighted by molar-refractivity contribution is 1.18. The van der Waals surface area contributed by atoms with Gasteiger partial charge in [0.05, 0.1) is 0 Å². The number of rotatable bonds is 5. The smallest absolute Gasteiger partial charge is 0.0345 e. The summed E-state index contributed by atoms with van der Waals surface area (Å²) in [7, 11) is 0. The molecular formula is C14H16S. The van der Waals surface area contributed by atoms with Gasteiger partial charge in [-0.25, -0.2) is 0 Å². The first-order valence-corrected chi connectivity index (χ1v) is 5.79. The van der Waals surface area contributed by atoms with Gasteiger partial charge in [0.2, 0.25) is 0 Å². The van der Waals surface area contributed by atoms with E-state index in [1.807, 2.05) is 18.2 Å². The Morgan fingerprint density at radius 1 is 1.13 bits per heavy atom. The monoisotopic (exact) mass is 216 g/mol. The molecule has 1 rings (SSSR count). The Kier molecular flexibility index (Phi) is 4.32. The van der Waals surface area contributed by atoms with Crippen LogP contribution in [0.4, 0.5) is 0 Å². The van der Waals surface area contributed by atoms with Gasteiger partial charge >= 0.3 is 0 Å². The van der Waals surface area contributed by atoms with Crippen LogP contribution in [-0.2, 0) is 6.42 Å². The van der Waals surface area contributed by atoms with Gasteiger partial charge in [-0.2, -0.15) is 0 Å². The standard InChI is InChI=1S/C14H16S/c1-5-9-10-12-11(6-2)13(7-3)15-14(12)8-4/h5-7,9-10H,1-3,8H2,4H3/b10-9-.